The quantitative estimate of drug-likeness (QED) is 0.811. The molecule has 3 N–H and O–H groups in total. The maximum absolute atomic E-state index is 11.8. The maximum Gasteiger partial charge on any atom is 0.307 e. The van der Waals surface area contributed by atoms with Crippen LogP contribution in [0.1, 0.15) is 28.7 Å². The van der Waals surface area contributed by atoms with Crippen LogP contribution in [0.2, 0.25) is 0 Å². The number of fused-ring (bicyclic) bond motifs is 1. The Labute approximate surface area is 128 Å². The van der Waals surface area contributed by atoms with Crippen LogP contribution in [-0.2, 0) is 4.79 Å². The van der Waals surface area contributed by atoms with Gasteiger partial charge in [-0.3, -0.25) is 4.79 Å². The highest BCUT2D eigenvalue weighted by Gasteiger charge is 2.46. The molecule has 0 fully saturated rings. The second-order valence-corrected chi connectivity index (χ2v) is 5.67. The summed E-state index contributed by atoms with van der Waals surface area (Å²) < 4.78 is 0. The average Bonchev–Trinajstić information content (AvgIpc) is 2.55. The lowest BCUT2D eigenvalue weighted by atomic mass is 9.65. The molecule has 0 saturated heterocycles. The molecule has 0 aromatic heterocycles. The van der Waals surface area contributed by atoms with Gasteiger partial charge in [0.25, 0.3) is 0 Å². The lowest BCUT2D eigenvalue weighted by Crippen LogP contribution is -2.40. The van der Waals surface area contributed by atoms with E-state index in [4.69, 9.17) is 0 Å². The predicted octanol–water partition coefficient (Wildman–Crippen LogP) is 2.17. The van der Waals surface area contributed by atoms with Crippen molar-refractivity contribution < 1.29 is 20.1 Å². The first kappa shape index (κ1) is 14.8. The van der Waals surface area contributed by atoms with Gasteiger partial charge in [-0.05, 0) is 16.7 Å². The molecule has 22 heavy (non-hydrogen) atoms. The molecule has 4 unspecified atom stereocenters. The first-order valence-electron chi connectivity index (χ1n) is 7.30. The summed E-state index contributed by atoms with van der Waals surface area (Å²) in [5, 5.41) is 29.8. The van der Waals surface area contributed by atoms with Crippen LogP contribution in [-0.4, -0.2) is 27.9 Å². The molecule has 3 rings (SSSR count). The Morgan fingerprint density at radius 1 is 0.955 bits per heavy atom. The van der Waals surface area contributed by atoms with E-state index in [0.29, 0.717) is 5.56 Å². The highest BCUT2D eigenvalue weighted by Crippen LogP contribution is 2.48. The largest absolute Gasteiger partial charge is 0.481 e. The number of aliphatic carboxylic acids is 1. The van der Waals surface area contributed by atoms with Crippen molar-refractivity contribution in [2.45, 2.75) is 12.0 Å². The summed E-state index contributed by atoms with van der Waals surface area (Å²) in [6, 6.07) is 16.7. The van der Waals surface area contributed by atoms with Gasteiger partial charge in [-0.15, -0.1) is 0 Å². The van der Waals surface area contributed by atoms with Gasteiger partial charge in [0.1, 0.15) is 0 Å². The second-order valence-electron chi connectivity index (χ2n) is 5.67. The van der Waals surface area contributed by atoms with Crippen LogP contribution in [0.3, 0.4) is 0 Å². The second kappa shape index (κ2) is 5.91. The van der Waals surface area contributed by atoms with Crippen molar-refractivity contribution in [3.63, 3.8) is 0 Å². The van der Waals surface area contributed by atoms with Gasteiger partial charge in [-0.1, -0.05) is 54.6 Å². The first-order chi connectivity index (χ1) is 10.6. The van der Waals surface area contributed by atoms with Crippen LogP contribution in [0.15, 0.2) is 54.6 Å². The third-order valence-corrected chi connectivity index (χ3v) is 4.53. The van der Waals surface area contributed by atoms with E-state index in [1.165, 1.54) is 0 Å². The van der Waals surface area contributed by atoms with Crippen LogP contribution >= 0.6 is 0 Å². The number of aliphatic hydroxyl groups is 2. The Bertz CT molecular complexity index is 668. The van der Waals surface area contributed by atoms with E-state index in [-0.39, 0.29) is 12.5 Å². The lowest BCUT2D eigenvalue weighted by molar-refractivity contribution is -0.148. The van der Waals surface area contributed by atoms with Crippen molar-refractivity contribution in [3.8, 4) is 0 Å². The average molecular weight is 298 g/mol. The summed E-state index contributed by atoms with van der Waals surface area (Å²) in [7, 11) is 0. The smallest absolute Gasteiger partial charge is 0.307 e. The Morgan fingerprint density at radius 3 is 2.14 bits per heavy atom. The number of aliphatic hydroxyl groups excluding tert-OH is 2. The van der Waals surface area contributed by atoms with Crippen LogP contribution in [0, 0.1) is 11.8 Å². The summed E-state index contributed by atoms with van der Waals surface area (Å²) in [5.74, 6) is -2.97. The molecule has 0 spiro atoms. The lowest BCUT2D eigenvalue weighted by Gasteiger charge is -2.40. The van der Waals surface area contributed by atoms with Crippen LogP contribution in [0.5, 0.6) is 0 Å². The van der Waals surface area contributed by atoms with Crippen molar-refractivity contribution in [2.75, 3.05) is 6.61 Å². The molecule has 2 aromatic rings. The van der Waals surface area contributed by atoms with E-state index in [9.17, 15) is 20.1 Å². The zero-order valence-electron chi connectivity index (χ0n) is 12.0. The van der Waals surface area contributed by atoms with Crippen molar-refractivity contribution >= 4 is 5.97 Å². The molecule has 1 aliphatic carbocycles. The standard InChI is InChI=1S/C18H18O4/c19-10-14-16(18(21)22)15(11-6-2-1-3-7-11)12-8-4-5-9-13(12)17(14)20/h1-9,14-17,19-20H,10H2,(H,21,22). The summed E-state index contributed by atoms with van der Waals surface area (Å²) in [6.45, 7) is -0.365. The number of hydrogen-bond donors (Lipinski definition) is 3. The van der Waals surface area contributed by atoms with Crippen LogP contribution in [0.25, 0.3) is 0 Å². The normalized spacial score (nSPS) is 27.2. The Morgan fingerprint density at radius 2 is 1.55 bits per heavy atom. The van der Waals surface area contributed by atoms with Crippen LogP contribution in [0.4, 0.5) is 0 Å². The molecule has 0 radical (unpaired) electrons. The summed E-state index contributed by atoms with van der Waals surface area (Å²) in [5.41, 5.74) is 2.40. The molecular weight excluding hydrogens is 280 g/mol. The highest BCUT2D eigenvalue weighted by atomic mass is 16.4. The molecule has 4 atom stereocenters. The van der Waals surface area contributed by atoms with Crippen LogP contribution < -0.4 is 0 Å². The van der Waals surface area contributed by atoms with Gasteiger partial charge in [-0.25, -0.2) is 0 Å². The summed E-state index contributed by atoms with van der Waals surface area (Å²) in [6.07, 6.45) is -0.970. The van der Waals surface area contributed by atoms with E-state index in [1.54, 1.807) is 6.07 Å². The van der Waals surface area contributed by atoms with Crippen molar-refractivity contribution in [1.82, 2.24) is 0 Å². The Balaban J connectivity index is 2.22. The van der Waals surface area contributed by atoms with Gasteiger partial charge in [0, 0.05) is 18.4 Å². The van der Waals surface area contributed by atoms with E-state index >= 15 is 0 Å². The van der Waals surface area contributed by atoms with E-state index in [0.717, 1.165) is 11.1 Å². The molecule has 0 amide bonds. The molecule has 0 bridgehead atoms. The van der Waals surface area contributed by atoms with Gasteiger partial charge in [-0.2, -0.15) is 0 Å². The molecule has 0 aliphatic heterocycles. The molecule has 2 aromatic carbocycles. The molecule has 1 aliphatic rings. The topological polar surface area (TPSA) is 77.8 Å². The van der Waals surface area contributed by atoms with E-state index in [2.05, 4.69) is 0 Å². The third kappa shape index (κ3) is 2.30. The van der Waals surface area contributed by atoms with E-state index in [1.807, 2.05) is 48.5 Å². The van der Waals surface area contributed by atoms with Gasteiger partial charge >= 0.3 is 5.97 Å². The monoisotopic (exact) mass is 298 g/mol. The predicted molar refractivity (Wildman–Crippen MR) is 81.4 cm³/mol. The minimum absolute atomic E-state index is 0.365. The fourth-order valence-electron chi connectivity index (χ4n) is 3.52. The van der Waals surface area contributed by atoms with Gasteiger partial charge in [0.05, 0.1) is 12.0 Å². The summed E-state index contributed by atoms with van der Waals surface area (Å²) >= 11 is 0. The SMILES string of the molecule is O=C(O)C1C(c2ccccc2)c2ccccc2C(O)C1CO. The maximum atomic E-state index is 11.8. The van der Waals surface area contributed by atoms with E-state index < -0.39 is 23.9 Å². The highest BCUT2D eigenvalue weighted by molar-refractivity contribution is 5.74. The number of rotatable bonds is 3. The fraction of sp³-hybridized carbons (Fsp3) is 0.278. The molecule has 4 heteroatoms. The molecule has 4 nitrogen and oxygen atoms in total. The Hall–Kier alpha value is -2.17. The van der Waals surface area contributed by atoms with Gasteiger partial charge < -0.3 is 15.3 Å². The fourth-order valence-corrected chi connectivity index (χ4v) is 3.52. The zero-order valence-corrected chi connectivity index (χ0v) is 12.0. The molecule has 0 saturated carbocycles. The molecular formula is C18H18O4. The van der Waals surface area contributed by atoms with Gasteiger partial charge in [0.15, 0.2) is 0 Å². The molecule has 114 valence electrons. The number of carboxylic acids is 1. The molecule has 0 heterocycles. The van der Waals surface area contributed by atoms with Crippen molar-refractivity contribution in [3.05, 3.63) is 71.3 Å². The first-order valence-corrected chi connectivity index (χ1v) is 7.30. The number of carboxylic acid groups (broad SMARTS) is 1. The minimum atomic E-state index is -0.999. The minimum Gasteiger partial charge on any atom is -0.481 e. The number of hydrogen-bond acceptors (Lipinski definition) is 3. The number of carbonyl (C=O) groups is 1. The third-order valence-electron chi connectivity index (χ3n) is 4.53. The Kier molecular flexibility index (Phi) is 3.96. The number of benzene rings is 2. The zero-order chi connectivity index (χ0) is 15.7. The summed E-state index contributed by atoms with van der Waals surface area (Å²) in [4.78, 5) is 11.8. The van der Waals surface area contributed by atoms with Gasteiger partial charge in [0.2, 0.25) is 0 Å². The van der Waals surface area contributed by atoms with Crippen molar-refractivity contribution in [2.24, 2.45) is 11.8 Å². The van der Waals surface area contributed by atoms with Crippen molar-refractivity contribution in [1.29, 1.82) is 0 Å².